The summed E-state index contributed by atoms with van der Waals surface area (Å²) < 4.78 is 5.11. The molecule has 1 aliphatic heterocycles. The summed E-state index contributed by atoms with van der Waals surface area (Å²) in [5.74, 6) is 0.846. The number of likely N-dealkylation sites (tertiary alicyclic amines) is 1. The first-order chi connectivity index (χ1) is 13.2. The molecule has 1 heterocycles. The number of nitrogens with zero attached hydrogens (tertiary/aromatic N) is 1. The zero-order chi connectivity index (χ0) is 19.1. The Hall–Kier alpha value is -2.82. The Morgan fingerprint density at radius 3 is 2.33 bits per heavy atom. The van der Waals surface area contributed by atoms with Crippen molar-refractivity contribution in [1.82, 2.24) is 10.2 Å². The molecule has 1 N–H and O–H groups in total. The van der Waals surface area contributed by atoms with Gasteiger partial charge in [0.15, 0.2) is 0 Å². The van der Waals surface area contributed by atoms with Crippen LogP contribution in [-0.4, -0.2) is 43.0 Å². The topological polar surface area (TPSA) is 58.6 Å². The first-order valence-electron chi connectivity index (χ1n) is 9.42. The Labute approximate surface area is 160 Å². The first-order valence-corrected chi connectivity index (χ1v) is 9.42. The number of aryl methyl sites for hydroxylation is 1. The fraction of sp³-hybridized carbons (Fsp3) is 0.364. The van der Waals surface area contributed by atoms with Crippen LogP contribution in [0.25, 0.3) is 0 Å². The fourth-order valence-electron chi connectivity index (χ4n) is 3.34. The van der Waals surface area contributed by atoms with Crippen LogP contribution in [0.5, 0.6) is 5.75 Å². The van der Waals surface area contributed by atoms with Gasteiger partial charge >= 0.3 is 0 Å². The van der Waals surface area contributed by atoms with Crippen LogP contribution in [0, 0.1) is 0 Å². The van der Waals surface area contributed by atoms with Crippen molar-refractivity contribution in [3.8, 4) is 5.75 Å². The van der Waals surface area contributed by atoms with E-state index in [1.807, 2.05) is 35.2 Å². The zero-order valence-electron chi connectivity index (χ0n) is 15.7. The number of piperidine rings is 1. The van der Waals surface area contributed by atoms with E-state index in [0.29, 0.717) is 25.1 Å². The van der Waals surface area contributed by atoms with E-state index < -0.39 is 0 Å². The molecular formula is C22H26N2O3. The minimum atomic E-state index is -0.0773. The van der Waals surface area contributed by atoms with Gasteiger partial charge in [-0.05, 0) is 49.1 Å². The predicted molar refractivity (Wildman–Crippen MR) is 105 cm³/mol. The predicted octanol–water partition coefficient (Wildman–Crippen LogP) is 3.05. The quantitative estimate of drug-likeness (QED) is 0.855. The molecule has 0 bridgehead atoms. The number of nitrogens with one attached hydrogen (secondary N) is 1. The number of hydrogen-bond donors (Lipinski definition) is 1. The van der Waals surface area contributed by atoms with Gasteiger partial charge in [0.25, 0.3) is 5.91 Å². The lowest BCUT2D eigenvalue weighted by Gasteiger charge is -2.32. The fourth-order valence-corrected chi connectivity index (χ4v) is 3.34. The molecule has 0 aliphatic carbocycles. The van der Waals surface area contributed by atoms with Gasteiger partial charge in [-0.2, -0.15) is 0 Å². The third kappa shape index (κ3) is 5.33. The molecule has 5 nitrogen and oxygen atoms in total. The zero-order valence-corrected chi connectivity index (χ0v) is 15.7. The maximum atomic E-state index is 12.4. The summed E-state index contributed by atoms with van der Waals surface area (Å²) in [6.07, 6.45) is 2.89. The van der Waals surface area contributed by atoms with Crippen molar-refractivity contribution in [2.75, 3.05) is 20.2 Å². The molecule has 0 spiro atoms. The Morgan fingerprint density at radius 2 is 1.70 bits per heavy atom. The Morgan fingerprint density at radius 1 is 1.04 bits per heavy atom. The number of hydrogen-bond acceptors (Lipinski definition) is 3. The maximum absolute atomic E-state index is 12.4. The van der Waals surface area contributed by atoms with E-state index in [1.54, 1.807) is 31.4 Å². The Kier molecular flexibility index (Phi) is 6.47. The van der Waals surface area contributed by atoms with Crippen molar-refractivity contribution < 1.29 is 14.3 Å². The molecule has 0 unspecified atom stereocenters. The summed E-state index contributed by atoms with van der Waals surface area (Å²) >= 11 is 0. The molecule has 0 saturated carbocycles. The molecule has 142 valence electrons. The van der Waals surface area contributed by atoms with Crippen LogP contribution >= 0.6 is 0 Å². The van der Waals surface area contributed by atoms with E-state index in [2.05, 4.69) is 5.32 Å². The number of amides is 2. The standard InChI is InChI=1S/C22H26N2O3/c1-27-20-10-8-18(9-11-20)22(26)23-19-13-15-24(16-14-19)21(25)12-7-17-5-3-2-4-6-17/h2-6,8-11,19H,7,12-16H2,1H3,(H,23,26). The van der Waals surface area contributed by atoms with Gasteiger partial charge in [-0.1, -0.05) is 30.3 Å². The number of ether oxygens (including phenoxy) is 1. The molecule has 0 aromatic heterocycles. The van der Waals surface area contributed by atoms with Crippen LogP contribution in [0.15, 0.2) is 54.6 Å². The normalized spacial score (nSPS) is 14.6. The van der Waals surface area contributed by atoms with Gasteiger partial charge < -0.3 is 15.0 Å². The van der Waals surface area contributed by atoms with Gasteiger partial charge in [0.05, 0.1) is 7.11 Å². The van der Waals surface area contributed by atoms with Crippen LogP contribution in [0.3, 0.4) is 0 Å². The lowest BCUT2D eigenvalue weighted by atomic mass is 10.0. The molecule has 1 fully saturated rings. The number of carbonyl (C=O) groups is 2. The first kappa shape index (κ1) is 19.0. The maximum Gasteiger partial charge on any atom is 0.251 e. The summed E-state index contributed by atoms with van der Waals surface area (Å²) in [6, 6.07) is 17.3. The summed E-state index contributed by atoms with van der Waals surface area (Å²) in [7, 11) is 1.60. The number of rotatable bonds is 6. The van der Waals surface area contributed by atoms with Crippen LogP contribution in [0.2, 0.25) is 0 Å². The molecule has 27 heavy (non-hydrogen) atoms. The second-order valence-electron chi connectivity index (χ2n) is 6.84. The molecule has 0 atom stereocenters. The second-order valence-corrected chi connectivity index (χ2v) is 6.84. The average molecular weight is 366 g/mol. The Balaban J connectivity index is 1.42. The van der Waals surface area contributed by atoms with Gasteiger partial charge in [0, 0.05) is 31.1 Å². The highest BCUT2D eigenvalue weighted by molar-refractivity contribution is 5.94. The van der Waals surface area contributed by atoms with Gasteiger partial charge in [-0.15, -0.1) is 0 Å². The van der Waals surface area contributed by atoms with Gasteiger partial charge in [0.1, 0.15) is 5.75 Å². The minimum Gasteiger partial charge on any atom is -0.497 e. The molecule has 1 saturated heterocycles. The third-order valence-electron chi connectivity index (χ3n) is 5.01. The SMILES string of the molecule is COc1ccc(C(=O)NC2CCN(C(=O)CCc3ccccc3)CC2)cc1. The molecule has 1 aliphatic rings. The molecule has 2 amide bonds. The molecule has 3 rings (SSSR count). The minimum absolute atomic E-state index is 0.0773. The largest absolute Gasteiger partial charge is 0.497 e. The molecule has 0 radical (unpaired) electrons. The van der Waals surface area contributed by atoms with Crippen LogP contribution < -0.4 is 10.1 Å². The lowest BCUT2D eigenvalue weighted by molar-refractivity contribution is -0.132. The van der Waals surface area contributed by atoms with E-state index in [-0.39, 0.29) is 17.9 Å². The van der Waals surface area contributed by atoms with Crippen molar-refractivity contribution >= 4 is 11.8 Å². The third-order valence-corrected chi connectivity index (χ3v) is 5.01. The van der Waals surface area contributed by atoms with Crippen molar-refractivity contribution in [3.63, 3.8) is 0 Å². The van der Waals surface area contributed by atoms with E-state index in [4.69, 9.17) is 4.74 Å². The Bertz CT molecular complexity index is 751. The number of carbonyl (C=O) groups excluding carboxylic acids is 2. The summed E-state index contributed by atoms with van der Waals surface area (Å²) in [4.78, 5) is 26.7. The number of benzene rings is 2. The van der Waals surface area contributed by atoms with Crippen molar-refractivity contribution in [2.45, 2.75) is 31.7 Å². The number of methoxy groups -OCH3 is 1. The van der Waals surface area contributed by atoms with Crippen LogP contribution in [-0.2, 0) is 11.2 Å². The van der Waals surface area contributed by atoms with Crippen LogP contribution in [0.1, 0.15) is 35.2 Å². The van der Waals surface area contributed by atoms with E-state index in [9.17, 15) is 9.59 Å². The molecule has 2 aromatic rings. The van der Waals surface area contributed by atoms with Crippen LogP contribution in [0.4, 0.5) is 0 Å². The molecule has 2 aromatic carbocycles. The smallest absolute Gasteiger partial charge is 0.251 e. The monoisotopic (exact) mass is 366 g/mol. The lowest BCUT2D eigenvalue weighted by Crippen LogP contribution is -2.46. The van der Waals surface area contributed by atoms with Gasteiger partial charge in [-0.3, -0.25) is 9.59 Å². The van der Waals surface area contributed by atoms with Crippen molar-refractivity contribution in [2.24, 2.45) is 0 Å². The molecular weight excluding hydrogens is 340 g/mol. The highest BCUT2D eigenvalue weighted by atomic mass is 16.5. The van der Waals surface area contributed by atoms with E-state index in [0.717, 1.165) is 25.0 Å². The summed E-state index contributed by atoms with van der Waals surface area (Å²) in [5, 5.41) is 3.07. The van der Waals surface area contributed by atoms with Crippen molar-refractivity contribution in [3.05, 3.63) is 65.7 Å². The second kappa shape index (κ2) is 9.21. The highest BCUT2D eigenvalue weighted by Crippen LogP contribution is 2.15. The highest BCUT2D eigenvalue weighted by Gasteiger charge is 2.23. The van der Waals surface area contributed by atoms with Gasteiger partial charge in [-0.25, -0.2) is 0 Å². The van der Waals surface area contributed by atoms with E-state index >= 15 is 0 Å². The van der Waals surface area contributed by atoms with Crippen molar-refractivity contribution in [1.29, 1.82) is 0 Å². The average Bonchev–Trinajstić information content (AvgIpc) is 2.73. The summed E-state index contributed by atoms with van der Waals surface area (Å²) in [6.45, 7) is 1.39. The summed E-state index contributed by atoms with van der Waals surface area (Å²) in [5.41, 5.74) is 1.81. The van der Waals surface area contributed by atoms with Gasteiger partial charge in [0.2, 0.25) is 5.91 Å². The van der Waals surface area contributed by atoms with E-state index in [1.165, 1.54) is 5.56 Å². The molecule has 5 heteroatoms.